The van der Waals surface area contributed by atoms with Crippen LogP contribution in [0.1, 0.15) is 24.1 Å². The third-order valence-electron chi connectivity index (χ3n) is 6.04. The van der Waals surface area contributed by atoms with Crippen LogP contribution in [0.15, 0.2) is 43.0 Å². The van der Waals surface area contributed by atoms with E-state index in [2.05, 4.69) is 41.8 Å². The van der Waals surface area contributed by atoms with E-state index < -0.39 is 11.5 Å². The molecule has 4 rings (SSSR count). The second kappa shape index (κ2) is 8.26. The van der Waals surface area contributed by atoms with Gasteiger partial charge in [0.05, 0.1) is 25.2 Å². The van der Waals surface area contributed by atoms with Crippen molar-refractivity contribution in [1.29, 1.82) is 0 Å². The molecule has 29 heavy (non-hydrogen) atoms. The number of carbonyl (C=O) groups is 2. The fourth-order valence-corrected chi connectivity index (χ4v) is 5.70. The Kier molecular flexibility index (Phi) is 5.72. The van der Waals surface area contributed by atoms with E-state index in [0.29, 0.717) is 12.8 Å². The molecule has 0 bridgehead atoms. The molecule has 2 aliphatic heterocycles. The van der Waals surface area contributed by atoms with Gasteiger partial charge in [-0.15, -0.1) is 17.9 Å². The molecule has 1 aromatic carbocycles. The minimum atomic E-state index is -0.635. The van der Waals surface area contributed by atoms with Crippen LogP contribution in [0.2, 0.25) is 0 Å². The monoisotopic (exact) mass is 414 g/mol. The number of carbonyl (C=O) groups excluding carboxylic acids is 2. The summed E-state index contributed by atoms with van der Waals surface area (Å²) in [5.74, 6) is -0.975. The van der Waals surface area contributed by atoms with Gasteiger partial charge in [0.1, 0.15) is 0 Å². The molecule has 0 saturated carbocycles. The van der Waals surface area contributed by atoms with Gasteiger partial charge in [-0.05, 0) is 30.4 Å². The van der Waals surface area contributed by atoms with Crippen LogP contribution in [0.25, 0.3) is 10.1 Å². The number of hydroxylamine groups is 2. The molecule has 0 radical (unpaired) electrons. The van der Waals surface area contributed by atoms with Crippen molar-refractivity contribution in [3.8, 4) is 0 Å². The molecule has 1 aromatic heterocycles. The smallest absolute Gasteiger partial charge is 0.311 e. The molecule has 3 heterocycles. The predicted octanol–water partition coefficient (Wildman–Crippen LogP) is 3.38. The van der Waals surface area contributed by atoms with E-state index in [4.69, 9.17) is 9.57 Å². The molecule has 1 spiro atoms. The van der Waals surface area contributed by atoms with E-state index in [1.54, 1.807) is 6.08 Å². The average molecular weight is 415 g/mol. The van der Waals surface area contributed by atoms with Crippen molar-refractivity contribution in [2.75, 3.05) is 26.8 Å². The number of benzene rings is 1. The summed E-state index contributed by atoms with van der Waals surface area (Å²) in [4.78, 5) is 34.5. The lowest BCUT2D eigenvalue weighted by atomic mass is 9.77. The number of esters is 1. The summed E-state index contributed by atoms with van der Waals surface area (Å²) in [5.41, 5.74) is -0.635. The first kappa shape index (κ1) is 20.1. The maximum Gasteiger partial charge on any atom is 0.311 e. The first-order chi connectivity index (χ1) is 14.1. The number of likely N-dealkylation sites (tertiary alicyclic amines) is 1. The van der Waals surface area contributed by atoms with Gasteiger partial charge in [0.2, 0.25) is 5.91 Å². The first-order valence-corrected chi connectivity index (χ1v) is 10.7. The Balaban J connectivity index is 1.49. The molecule has 0 unspecified atom stereocenters. The van der Waals surface area contributed by atoms with Gasteiger partial charge >= 0.3 is 5.97 Å². The zero-order chi connectivity index (χ0) is 20.4. The number of methoxy groups -OCH3 is 1. The number of nitrogens with zero attached hydrogens (tertiary/aromatic N) is 2. The molecule has 154 valence electrons. The van der Waals surface area contributed by atoms with E-state index >= 15 is 0 Å². The Bertz CT molecular complexity index is 883. The summed E-state index contributed by atoms with van der Waals surface area (Å²) in [5, 5.41) is 2.73. The highest BCUT2D eigenvalue weighted by Crippen LogP contribution is 2.44. The lowest BCUT2D eigenvalue weighted by Gasteiger charge is -2.45. The maximum atomic E-state index is 12.6. The van der Waals surface area contributed by atoms with E-state index in [1.165, 1.54) is 27.1 Å². The van der Waals surface area contributed by atoms with Crippen LogP contribution in [0, 0.1) is 5.92 Å². The van der Waals surface area contributed by atoms with Crippen LogP contribution in [0.4, 0.5) is 0 Å². The molecule has 1 amide bonds. The Labute approximate surface area is 174 Å². The molecule has 6 nitrogen and oxygen atoms in total. The highest BCUT2D eigenvalue weighted by Gasteiger charge is 2.58. The highest BCUT2D eigenvalue weighted by molar-refractivity contribution is 7.19. The van der Waals surface area contributed by atoms with Crippen molar-refractivity contribution in [3.05, 3.63) is 47.9 Å². The minimum Gasteiger partial charge on any atom is -0.469 e. The predicted molar refractivity (Wildman–Crippen MR) is 112 cm³/mol. The maximum absolute atomic E-state index is 12.6. The highest BCUT2D eigenvalue weighted by atomic mass is 32.1. The van der Waals surface area contributed by atoms with Gasteiger partial charge < -0.3 is 4.74 Å². The fourth-order valence-electron chi connectivity index (χ4n) is 4.60. The van der Waals surface area contributed by atoms with E-state index in [0.717, 1.165) is 19.6 Å². The van der Waals surface area contributed by atoms with Crippen LogP contribution < -0.4 is 0 Å². The van der Waals surface area contributed by atoms with Crippen molar-refractivity contribution < 1.29 is 19.2 Å². The number of amides is 1. The summed E-state index contributed by atoms with van der Waals surface area (Å²) in [7, 11) is 1.38. The van der Waals surface area contributed by atoms with Gasteiger partial charge in [-0.3, -0.25) is 19.3 Å². The lowest BCUT2D eigenvalue weighted by Crippen LogP contribution is -2.57. The number of hydrogen-bond acceptors (Lipinski definition) is 6. The van der Waals surface area contributed by atoms with Crippen molar-refractivity contribution in [2.24, 2.45) is 5.92 Å². The molecule has 0 N–H and O–H groups in total. The van der Waals surface area contributed by atoms with E-state index in [9.17, 15) is 9.59 Å². The van der Waals surface area contributed by atoms with Crippen LogP contribution in [0.3, 0.4) is 0 Å². The molecule has 2 aromatic rings. The molecule has 7 heteroatoms. The van der Waals surface area contributed by atoms with Gasteiger partial charge in [0.25, 0.3) is 0 Å². The summed E-state index contributed by atoms with van der Waals surface area (Å²) in [6.07, 6.45) is 3.12. The third-order valence-corrected chi connectivity index (χ3v) is 7.14. The fraction of sp³-hybridized carbons (Fsp3) is 0.455. The van der Waals surface area contributed by atoms with Crippen LogP contribution in [-0.4, -0.2) is 54.2 Å². The quantitative estimate of drug-likeness (QED) is 0.536. The summed E-state index contributed by atoms with van der Waals surface area (Å²) in [6.45, 7) is 6.37. The van der Waals surface area contributed by atoms with Crippen molar-refractivity contribution in [2.45, 2.75) is 31.3 Å². The molecular weight excluding hydrogens is 388 g/mol. The minimum absolute atomic E-state index is 0.139. The zero-order valence-electron chi connectivity index (χ0n) is 16.6. The lowest BCUT2D eigenvalue weighted by molar-refractivity contribution is -0.218. The largest absolute Gasteiger partial charge is 0.469 e. The van der Waals surface area contributed by atoms with Crippen LogP contribution in [-0.2, 0) is 25.7 Å². The van der Waals surface area contributed by atoms with Gasteiger partial charge in [0, 0.05) is 35.6 Å². The zero-order valence-corrected chi connectivity index (χ0v) is 17.5. The van der Waals surface area contributed by atoms with Gasteiger partial charge in [-0.2, -0.15) is 0 Å². The van der Waals surface area contributed by atoms with E-state index in [-0.39, 0.29) is 24.9 Å². The summed E-state index contributed by atoms with van der Waals surface area (Å²) in [6, 6.07) is 10.7. The Morgan fingerprint density at radius 1 is 1.34 bits per heavy atom. The van der Waals surface area contributed by atoms with Gasteiger partial charge in [0.15, 0.2) is 0 Å². The molecule has 0 aliphatic carbocycles. The second-order valence-electron chi connectivity index (χ2n) is 7.68. The number of rotatable bonds is 6. The number of ether oxygens (including phenoxy) is 1. The Morgan fingerprint density at radius 3 is 2.79 bits per heavy atom. The van der Waals surface area contributed by atoms with Crippen molar-refractivity contribution in [1.82, 2.24) is 9.96 Å². The van der Waals surface area contributed by atoms with Gasteiger partial charge in [-0.1, -0.05) is 24.3 Å². The molecule has 2 aliphatic rings. The number of hydrogen-bond donors (Lipinski definition) is 0. The topological polar surface area (TPSA) is 59.1 Å². The SMILES string of the molecule is C=CCON1C(=O)C[C@H](C(=O)OC)C12CCN(Cc1cc3ccccc3s1)CC2. The number of piperidine rings is 1. The van der Waals surface area contributed by atoms with Crippen molar-refractivity contribution >= 4 is 33.3 Å². The Hall–Kier alpha value is -2.22. The van der Waals surface area contributed by atoms with Crippen LogP contribution >= 0.6 is 11.3 Å². The standard InChI is InChI=1S/C22H26N2O4S/c1-3-12-28-24-20(25)14-18(21(26)27-2)22(24)8-10-23(11-9-22)15-17-13-16-6-4-5-7-19(16)29-17/h3-7,13,18H,1,8-12,14-15H2,2H3/t18-/m1/s1. The average Bonchev–Trinajstić information content (AvgIpc) is 3.26. The van der Waals surface area contributed by atoms with Crippen molar-refractivity contribution in [3.63, 3.8) is 0 Å². The van der Waals surface area contributed by atoms with E-state index in [1.807, 2.05) is 11.3 Å². The molecule has 2 fully saturated rings. The third kappa shape index (κ3) is 3.70. The summed E-state index contributed by atoms with van der Waals surface area (Å²) >= 11 is 1.82. The number of thiophene rings is 1. The number of fused-ring (bicyclic) bond motifs is 1. The molecule has 1 atom stereocenters. The normalized spacial score (nSPS) is 21.8. The molecule has 2 saturated heterocycles. The van der Waals surface area contributed by atoms with Gasteiger partial charge in [-0.25, -0.2) is 5.06 Å². The summed E-state index contributed by atoms with van der Waals surface area (Å²) < 4.78 is 6.31. The Morgan fingerprint density at radius 2 is 2.10 bits per heavy atom. The first-order valence-electron chi connectivity index (χ1n) is 9.92. The molecular formula is C22H26N2O4S. The van der Waals surface area contributed by atoms with Crippen LogP contribution in [0.5, 0.6) is 0 Å². The second-order valence-corrected chi connectivity index (χ2v) is 8.85.